The Morgan fingerprint density at radius 2 is 1.47 bits per heavy atom. The van der Waals surface area contributed by atoms with Crippen molar-refractivity contribution in [1.29, 1.82) is 0 Å². The summed E-state index contributed by atoms with van der Waals surface area (Å²) in [6.45, 7) is 4.13. The maximum Gasteiger partial charge on any atom is 0.243 e. The van der Waals surface area contributed by atoms with Crippen LogP contribution in [0.25, 0.3) is 0 Å². The van der Waals surface area contributed by atoms with Gasteiger partial charge in [0.05, 0.1) is 6.54 Å². The van der Waals surface area contributed by atoms with E-state index in [1.165, 1.54) is 0 Å². The lowest BCUT2D eigenvalue weighted by Crippen LogP contribution is -2.22. The number of benzene rings is 3. The number of anilines is 3. The van der Waals surface area contributed by atoms with E-state index < -0.39 is 0 Å². The zero-order valence-electron chi connectivity index (χ0n) is 17.4. The number of carbonyl (C=O) groups excluding carboxylic acids is 2. The second kappa shape index (κ2) is 10.3. The molecule has 0 bridgehead atoms. The van der Waals surface area contributed by atoms with Crippen LogP contribution in [0.5, 0.6) is 0 Å². The molecule has 3 N–H and O–H groups in total. The highest BCUT2D eigenvalue weighted by Gasteiger charge is 2.06. The third kappa shape index (κ3) is 6.48. The SMILES string of the molecule is Cc1ccc(C)c(NC(=O)CNc2ccc(NC(=O)CCc3ccccc3)cc2)c1. The summed E-state index contributed by atoms with van der Waals surface area (Å²) in [4.78, 5) is 24.4. The smallest absolute Gasteiger partial charge is 0.243 e. The molecule has 3 aromatic carbocycles. The van der Waals surface area contributed by atoms with Gasteiger partial charge in [0.1, 0.15) is 0 Å². The van der Waals surface area contributed by atoms with E-state index in [0.717, 1.165) is 33.8 Å². The molecule has 3 aromatic rings. The highest BCUT2D eigenvalue weighted by Crippen LogP contribution is 2.17. The summed E-state index contributed by atoms with van der Waals surface area (Å²) in [5.41, 5.74) is 5.65. The Bertz CT molecular complexity index is 999. The molecule has 0 radical (unpaired) electrons. The van der Waals surface area contributed by atoms with E-state index in [1.54, 1.807) is 0 Å². The average molecular weight is 402 g/mol. The van der Waals surface area contributed by atoms with E-state index in [-0.39, 0.29) is 18.4 Å². The monoisotopic (exact) mass is 401 g/mol. The summed E-state index contributed by atoms with van der Waals surface area (Å²) in [5.74, 6) is -0.130. The molecular formula is C25H27N3O2. The summed E-state index contributed by atoms with van der Waals surface area (Å²) >= 11 is 0. The fourth-order valence-electron chi connectivity index (χ4n) is 3.04. The van der Waals surface area contributed by atoms with Crippen LogP contribution in [0.1, 0.15) is 23.1 Å². The van der Waals surface area contributed by atoms with Crippen molar-refractivity contribution >= 4 is 28.9 Å². The van der Waals surface area contributed by atoms with Crippen molar-refractivity contribution in [3.8, 4) is 0 Å². The summed E-state index contributed by atoms with van der Waals surface area (Å²) in [5, 5.41) is 8.93. The van der Waals surface area contributed by atoms with E-state index in [0.29, 0.717) is 12.8 Å². The topological polar surface area (TPSA) is 70.2 Å². The fraction of sp³-hybridized carbons (Fsp3) is 0.200. The third-order valence-corrected chi connectivity index (χ3v) is 4.77. The van der Waals surface area contributed by atoms with Crippen molar-refractivity contribution < 1.29 is 9.59 Å². The first-order valence-corrected chi connectivity index (χ1v) is 10.0. The van der Waals surface area contributed by atoms with Gasteiger partial charge in [-0.3, -0.25) is 9.59 Å². The highest BCUT2D eigenvalue weighted by molar-refractivity contribution is 5.94. The standard InChI is InChI=1S/C25H27N3O2/c1-18-8-9-19(2)23(16-18)28-25(30)17-26-21-11-13-22(14-12-21)27-24(29)15-10-20-6-4-3-5-7-20/h3-9,11-14,16,26H,10,15,17H2,1-2H3,(H,27,29)(H,28,30). The molecule has 0 saturated carbocycles. The summed E-state index contributed by atoms with van der Waals surface area (Å²) < 4.78 is 0. The van der Waals surface area contributed by atoms with Gasteiger partial charge < -0.3 is 16.0 Å². The number of amides is 2. The van der Waals surface area contributed by atoms with Gasteiger partial charge in [-0.15, -0.1) is 0 Å². The summed E-state index contributed by atoms with van der Waals surface area (Å²) in [7, 11) is 0. The third-order valence-electron chi connectivity index (χ3n) is 4.77. The van der Waals surface area contributed by atoms with Crippen molar-refractivity contribution in [3.63, 3.8) is 0 Å². The first kappa shape index (κ1) is 21.1. The molecular weight excluding hydrogens is 374 g/mol. The molecule has 0 aliphatic carbocycles. The van der Waals surface area contributed by atoms with E-state index in [1.807, 2.05) is 86.6 Å². The molecule has 154 valence electrons. The molecule has 5 heteroatoms. The van der Waals surface area contributed by atoms with Gasteiger partial charge in [-0.25, -0.2) is 0 Å². The number of aryl methyl sites for hydroxylation is 3. The normalized spacial score (nSPS) is 10.3. The highest BCUT2D eigenvalue weighted by atomic mass is 16.2. The van der Waals surface area contributed by atoms with Crippen LogP contribution < -0.4 is 16.0 Å². The summed E-state index contributed by atoms with van der Waals surface area (Å²) in [6.07, 6.45) is 1.14. The van der Waals surface area contributed by atoms with E-state index in [2.05, 4.69) is 16.0 Å². The van der Waals surface area contributed by atoms with Crippen LogP contribution in [0.4, 0.5) is 17.1 Å². The number of carbonyl (C=O) groups is 2. The van der Waals surface area contributed by atoms with Gasteiger partial charge in [0, 0.05) is 23.5 Å². The molecule has 0 unspecified atom stereocenters. The number of hydrogen-bond acceptors (Lipinski definition) is 3. The van der Waals surface area contributed by atoms with Crippen molar-refractivity contribution in [2.24, 2.45) is 0 Å². The zero-order valence-corrected chi connectivity index (χ0v) is 17.4. The fourth-order valence-corrected chi connectivity index (χ4v) is 3.04. The minimum absolute atomic E-state index is 0.0209. The summed E-state index contributed by atoms with van der Waals surface area (Å²) in [6, 6.07) is 23.3. The van der Waals surface area contributed by atoms with E-state index in [9.17, 15) is 9.59 Å². The van der Waals surface area contributed by atoms with Crippen LogP contribution in [0.2, 0.25) is 0 Å². The lowest BCUT2D eigenvalue weighted by molar-refractivity contribution is -0.116. The quantitative estimate of drug-likeness (QED) is 0.501. The molecule has 0 spiro atoms. The van der Waals surface area contributed by atoms with Gasteiger partial charge in [0.15, 0.2) is 0 Å². The molecule has 2 amide bonds. The van der Waals surface area contributed by atoms with Gasteiger partial charge >= 0.3 is 0 Å². The lowest BCUT2D eigenvalue weighted by atomic mass is 10.1. The first-order chi connectivity index (χ1) is 14.5. The van der Waals surface area contributed by atoms with E-state index >= 15 is 0 Å². The Hall–Kier alpha value is -3.60. The van der Waals surface area contributed by atoms with Crippen LogP contribution in [0.3, 0.4) is 0 Å². The second-order valence-corrected chi connectivity index (χ2v) is 7.33. The van der Waals surface area contributed by atoms with Gasteiger partial charge in [-0.05, 0) is 67.3 Å². The Kier molecular flexibility index (Phi) is 7.22. The van der Waals surface area contributed by atoms with Gasteiger partial charge in [0.25, 0.3) is 0 Å². The predicted octanol–water partition coefficient (Wildman–Crippen LogP) is 4.93. The second-order valence-electron chi connectivity index (χ2n) is 7.33. The molecule has 0 aromatic heterocycles. The molecule has 30 heavy (non-hydrogen) atoms. The Balaban J connectivity index is 1.44. The van der Waals surface area contributed by atoms with Gasteiger partial charge in [0.2, 0.25) is 11.8 Å². The van der Waals surface area contributed by atoms with Crippen molar-refractivity contribution in [3.05, 3.63) is 89.5 Å². The number of rotatable bonds is 8. The van der Waals surface area contributed by atoms with Gasteiger partial charge in [-0.2, -0.15) is 0 Å². The molecule has 5 nitrogen and oxygen atoms in total. The number of hydrogen-bond donors (Lipinski definition) is 3. The minimum atomic E-state index is -0.109. The molecule has 0 atom stereocenters. The largest absolute Gasteiger partial charge is 0.376 e. The van der Waals surface area contributed by atoms with Gasteiger partial charge in [-0.1, -0.05) is 42.5 Å². The molecule has 0 aliphatic heterocycles. The minimum Gasteiger partial charge on any atom is -0.376 e. The van der Waals surface area contributed by atoms with E-state index in [4.69, 9.17) is 0 Å². The van der Waals surface area contributed by atoms with Crippen LogP contribution in [-0.2, 0) is 16.0 Å². The molecule has 3 rings (SSSR count). The molecule has 0 fully saturated rings. The van der Waals surface area contributed by atoms with Crippen molar-refractivity contribution in [1.82, 2.24) is 0 Å². The van der Waals surface area contributed by atoms with Crippen LogP contribution in [0, 0.1) is 13.8 Å². The van der Waals surface area contributed by atoms with Crippen molar-refractivity contribution in [2.75, 3.05) is 22.5 Å². The molecule has 0 aliphatic rings. The Morgan fingerprint density at radius 1 is 0.767 bits per heavy atom. The average Bonchev–Trinajstić information content (AvgIpc) is 2.75. The number of nitrogens with one attached hydrogen (secondary N) is 3. The Labute approximate surface area is 177 Å². The Morgan fingerprint density at radius 3 is 2.20 bits per heavy atom. The predicted molar refractivity (Wildman–Crippen MR) is 123 cm³/mol. The molecule has 0 heterocycles. The van der Waals surface area contributed by atoms with Crippen LogP contribution >= 0.6 is 0 Å². The first-order valence-electron chi connectivity index (χ1n) is 10.0. The van der Waals surface area contributed by atoms with Crippen molar-refractivity contribution in [2.45, 2.75) is 26.7 Å². The molecule has 0 saturated heterocycles. The maximum atomic E-state index is 12.2. The maximum absolute atomic E-state index is 12.2. The lowest BCUT2D eigenvalue weighted by Gasteiger charge is -2.11. The zero-order chi connectivity index (χ0) is 21.3. The van der Waals surface area contributed by atoms with Crippen LogP contribution in [-0.4, -0.2) is 18.4 Å². The van der Waals surface area contributed by atoms with Crippen LogP contribution in [0.15, 0.2) is 72.8 Å².